The highest BCUT2D eigenvalue weighted by Gasteiger charge is 2.20. The molecule has 7 heteroatoms. The Morgan fingerprint density at radius 3 is 2.70 bits per heavy atom. The van der Waals surface area contributed by atoms with Gasteiger partial charge in [0.2, 0.25) is 0 Å². The van der Waals surface area contributed by atoms with Crippen molar-refractivity contribution < 1.29 is 14.3 Å². The normalized spacial score (nSPS) is 11.7. The average molecular weight is 291 g/mol. The van der Waals surface area contributed by atoms with Gasteiger partial charge in [0.1, 0.15) is 0 Å². The maximum absolute atomic E-state index is 12.0. The van der Waals surface area contributed by atoms with E-state index in [0.717, 1.165) is 17.3 Å². The van der Waals surface area contributed by atoms with Gasteiger partial charge in [-0.2, -0.15) is 8.75 Å². The Bertz CT molecular complexity index is 572. The van der Waals surface area contributed by atoms with Crippen LogP contribution >= 0.6 is 11.7 Å². The molecule has 0 aliphatic rings. The molecule has 1 aromatic heterocycles. The molecular weight excluding hydrogens is 278 g/mol. The molecule has 1 aromatic carbocycles. The fourth-order valence-corrected chi connectivity index (χ4v) is 2.10. The molecule has 20 heavy (non-hydrogen) atoms. The number of benzene rings is 1. The fraction of sp³-hybridized carbons (Fsp3) is 0.231. The summed E-state index contributed by atoms with van der Waals surface area (Å²) in [4.78, 5) is 23.5. The smallest absolute Gasteiger partial charge is 0.307 e. The van der Waals surface area contributed by atoms with E-state index < -0.39 is 12.0 Å². The summed E-state index contributed by atoms with van der Waals surface area (Å²) in [6.45, 7) is 0. The third-order valence-corrected chi connectivity index (χ3v) is 3.18. The third kappa shape index (κ3) is 3.61. The molecule has 2 aromatic rings. The summed E-state index contributed by atoms with van der Waals surface area (Å²) in [5.74, 6) is -0.757. The van der Waals surface area contributed by atoms with Crippen LogP contribution in [0.1, 0.15) is 28.5 Å². The molecule has 0 fully saturated rings. The van der Waals surface area contributed by atoms with Crippen molar-refractivity contribution in [2.24, 2.45) is 0 Å². The summed E-state index contributed by atoms with van der Waals surface area (Å²) in [5, 5.41) is 2.77. The number of esters is 1. The lowest BCUT2D eigenvalue weighted by Gasteiger charge is -2.17. The number of hydrogen-bond donors (Lipinski definition) is 1. The van der Waals surface area contributed by atoms with Gasteiger partial charge in [0.05, 0.1) is 37.5 Å². The Labute approximate surface area is 120 Å². The predicted molar refractivity (Wildman–Crippen MR) is 73.2 cm³/mol. The number of rotatable bonds is 5. The number of methoxy groups -OCH3 is 1. The van der Waals surface area contributed by atoms with Crippen LogP contribution in [0.3, 0.4) is 0 Å². The zero-order valence-electron chi connectivity index (χ0n) is 10.8. The minimum Gasteiger partial charge on any atom is -0.469 e. The highest BCUT2D eigenvalue weighted by Crippen LogP contribution is 2.17. The summed E-state index contributed by atoms with van der Waals surface area (Å²) < 4.78 is 12.3. The van der Waals surface area contributed by atoms with Crippen molar-refractivity contribution in [3.05, 3.63) is 47.8 Å². The van der Waals surface area contributed by atoms with Crippen LogP contribution in [0.15, 0.2) is 36.5 Å². The second-order valence-electron chi connectivity index (χ2n) is 4.01. The van der Waals surface area contributed by atoms with Gasteiger partial charge < -0.3 is 10.1 Å². The molecule has 6 nitrogen and oxygen atoms in total. The van der Waals surface area contributed by atoms with E-state index >= 15 is 0 Å². The van der Waals surface area contributed by atoms with Gasteiger partial charge in [0.15, 0.2) is 5.69 Å². The topological polar surface area (TPSA) is 81.2 Å². The number of nitrogens with one attached hydrogen (secondary N) is 1. The molecule has 0 bridgehead atoms. The molecule has 1 heterocycles. The Balaban J connectivity index is 2.14. The van der Waals surface area contributed by atoms with Crippen molar-refractivity contribution in [2.45, 2.75) is 12.5 Å². The Morgan fingerprint density at radius 2 is 2.10 bits per heavy atom. The van der Waals surface area contributed by atoms with E-state index in [1.807, 2.05) is 30.3 Å². The van der Waals surface area contributed by atoms with Crippen LogP contribution in [0.5, 0.6) is 0 Å². The molecule has 0 saturated carbocycles. The first kappa shape index (κ1) is 14.1. The Kier molecular flexibility index (Phi) is 4.78. The second kappa shape index (κ2) is 6.76. The largest absolute Gasteiger partial charge is 0.469 e. The van der Waals surface area contributed by atoms with Gasteiger partial charge in [-0.05, 0) is 5.56 Å². The molecule has 104 valence electrons. The molecule has 0 saturated heterocycles. The lowest BCUT2D eigenvalue weighted by atomic mass is 10.0. The molecule has 0 spiro atoms. The first-order valence-corrected chi connectivity index (χ1v) is 6.64. The molecule has 0 aliphatic carbocycles. The van der Waals surface area contributed by atoms with Gasteiger partial charge in [-0.1, -0.05) is 30.3 Å². The van der Waals surface area contributed by atoms with Crippen molar-refractivity contribution in [1.29, 1.82) is 0 Å². The molecule has 1 amide bonds. The zero-order valence-corrected chi connectivity index (χ0v) is 11.6. The summed E-state index contributed by atoms with van der Waals surface area (Å²) in [7, 11) is 1.32. The van der Waals surface area contributed by atoms with E-state index in [0.29, 0.717) is 0 Å². The average Bonchev–Trinajstić information content (AvgIpc) is 3.01. The molecule has 1 N–H and O–H groups in total. The van der Waals surface area contributed by atoms with Crippen LogP contribution in [-0.2, 0) is 9.53 Å². The molecule has 2 rings (SSSR count). The number of carbonyl (C=O) groups is 2. The number of carbonyl (C=O) groups excluding carboxylic acids is 2. The van der Waals surface area contributed by atoms with E-state index in [9.17, 15) is 9.59 Å². The van der Waals surface area contributed by atoms with Gasteiger partial charge in [-0.15, -0.1) is 0 Å². The van der Waals surface area contributed by atoms with Crippen LogP contribution in [0.2, 0.25) is 0 Å². The number of ether oxygens (including phenoxy) is 1. The molecule has 1 atom stereocenters. The quantitative estimate of drug-likeness (QED) is 0.846. The summed E-state index contributed by atoms with van der Waals surface area (Å²) in [6.07, 6.45) is 1.45. The van der Waals surface area contributed by atoms with E-state index in [-0.39, 0.29) is 18.0 Å². The first-order chi connectivity index (χ1) is 9.70. The van der Waals surface area contributed by atoms with Crippen LogP contribution in [-0.4, -0.2) is 27.7 Å². The van der Waals surface area contributed by atoms with Crippen LogP contribution < -0.4 is 5.32 Å². The van der Waals surface area contributed by atoms with Crippen molar-refractivity contribution >= 4 is 23.6 Å². The number of nitrogens with zero attached hydrogens (tertiary/aromatic N) is 2. The lowest BCUT2D eigenvalue weighted by molar-refractivity contribution is -0.141. The minimum absolute atomic E-state index is 0.0593. The first-order valence-electron chi connectivity index (χ1n) is 5.91. The van der Waals surface area contributed by atoms with Crippen molar-refractivity contribution in [2.75, 3.05) is 7.11 Å². The Hall–Kier alpha value is -2.28. The van der Waals surface area contributed by atoms with E-state index in [1.165, 1.54) is 13.3 Å². The maximum atomic E-state index is 12.0. The van der Waals surface area contributed by atoms with E-state index in [4.69, 9.17) is 0 Å². The maximum Gasteiger partial charge on any atom is 0.307 e. The standard InChI is InChI=1S/C13H13N3O3S/c1-19-12(17)7-10(9-5-3-2-4-6-9)15-13(18)11-8-14-20-16-11/h2-6,8,10H,7H2,1H3,(H,15,18). The summed E-state index contributed by atoms with van der Waals surface area (Å²) >= 11 is 0.957. The zero-order chi connectivity index (χ0) is 14.4. The van der Waals surface area contributed by atoms with Crippen LogP contribution in [0, 0.1) is 0 Å². The van der Waals surface area contributed by atoms with E-state index in [2.05, 4.69) is 18.8 Å². The Morgan fingerprint density at radius 1 is 1.35 bits per heavy atom. The fourth-order valence-electron chi connectivity index (χ4n) is 1.68. The van der Waals surface area contributed by atoms with Gasteiger partial charge in [0, 0.05) is 0 Å². The number of hydrogen-bond acceptors (Lipinski definition) is 6. The number of amides is 1. The highest BCUT2D eigenvalue weighted by atomic mass is 32.1. The summed E-state index contributed by atoms with van der Waals surface area (Å²) in [5.41, 5.74) is 1.07. The van der Waals surface area contributed by atoms with Gasteiger partial charge in [-0.3, -0.25) is 9.59 Å². The van der Waals surface area contributed by atoms with Crippen molar-refractivity contribution in [1.82, 2.24) is 14.1 Å². The minimum atomic E-state index is -0.460. The van der Waals surface area contributed by atoms with Gasteiger partial charge in [0.25, 0.3) is 5.91 Å². The molecular formula is C13H13N3O3S. The molecule has 1 unspecified atom stereocenters. The van der Waals surface area contributed by atoms with Gasteiger partial charge >= 0.3 is 5.97 Å². The van der Waals surface area contributed by atoms with Gasteiger partial charge in [-0.25, -0.2) is 0 Å². The van der Waals surface area contributed by atoms with Crippen molar-refractivity contribution in [3.8, 4) is 0 Å². The third-order valence-electron chi connectivity index (χ3n) is 2.70. The monoisotopic (exact) mass is 291 g/mol. The number of aromatic nitrogens is 2. The highest BCUT2D eigenvalue weighted by molar-refractivity contribution is 6.99. The second-order valence-corrected chi connectivity index (χ2v) is 4.57. The van der Waals surface area contributed by atoms with Crippen LogP contribution in [0.25, 0.3) is 0 Å². The van der Waals surface area contributed by atoms with Crippen LogP contribution in [0.4, 0.5) is 0 Å². The summed E-state index contributed by atoms with van der Waals surface area (Å²) in [6, 6.07) is 8.77. The van der Waals surface area contributed by atoms with Crippen molar-refractivity contribution in [3.63, 3.8) is 0 Å². The molecule has 0 radical (unpaired) electrons. The van der Waals surface area contributed by atoms with E-state index in [1.54, 1.807) is 0 Å². The molecule has 0 aliphatic heterocycles. The SMILES string of the molecule is COC(=O)CC(NC(=O)c1cnsn1)c1ccccc1. The predicted octanol–water partition coefficient (Wildman–Crippen LogP) is 1.57. The lowest BCUT2D eigenvalue weighted by Crippen LogP contribution is -2.30.